The van der Waals surface area contributed by atoms with E-state index in [-0.39, 0.29) is 22.9 Å². The number of hydrazone groups is 1. The van der Waals surface area contributed by atoms with Crippen LogP contribution in [0.2, 0.25) is 0 Å². The zero-order valence-corrected chi connectivity index (χ0v) is 19.2. The van der Waals surface area contributed by atoms with Crippen LogP contribution in [0.4, 0.5) is 22.0 Å². The summed E-state index contributed by atoms with van der Waals surface area (Å²) in [5.41, 5.74) is -0.233. The van der Waals surface area contributed by atoms with E-state index in [1.165, 1.54) is 18.3 Å². The number of nitrogens with one attached hydrogen (secondary N) is 1. The Bertz CT molecular complexity index is 1340. The normalized spacial score (nSPS) is 18.0. The molecule has 0 radical (unpaired) electrons. The molecule has 1 aliphatic heterocycles. The lowest BCUT2D eigenvalue weighted by molar-refractivity contribution is 0.261. The monoisotopic (exact) mass is 472 g/mol. The maximum Gasteiger partial charge on any atom is 0.239 e. The molecule has 1 spiro atoms. The molecule has 3 aromatic heterocycles. The summed E-state index contributed by atoms with van der Waals surface area (Å²) >= 11 is 0. The molecule has 10 nitrogen and oxygen atoms in total. The fourth-order valence-electron chi connectivity index (χ4n) is 4.64. The van der Waals surface area contributed by atoms with Gasteiger partial charge in [-0.3, -0.25) is 4.57 Å². The first-order valence-electron chi connectivity index (χ1n) is 10.9. The predicted molar refractivity (Wildman–Crippen MR) is 124 cm³/mol. The van der Waals surface area contributed by atoms with Crippen molar-refractivity contribution in [3.63, 3.8) is 0 Å². The topological polar surface area (TPSA) is 131 Å². The predicted octanol–water partition coefficient (Wildman–Crippen LogP) is 3.39. The summed E-state index contributed by atoms with van der Waals surface area (Å²) in [4.78, 5) is 13.1. The summed E-state index contributed by atoms with van der Waals surface area (Å²) in [5.74, 6) is 1.04. The molecule has 0 atom stereocenters. The Morgan fingerprint density at radius 3 is 2.55 bits per heavy atom. The van der Waals surface area contributed by atoms with Crippen LogP contribution >= 0.6 is 0 Å². The third-order valence-corrected chi connectivity index (χ3v) is 7.14. The lowest BCUT2D eigenvalue weighted by Gasteiger charge is -2.43. The fraction of sp³-hybridized carbons (Fsp3) is 0.429. The van der Waals surface area contributed by atoms with Gasteiger partial charge < -0.3 is 5.32 Å². The maximum absolute atomic E-state index is 15.6. The number of hydrogen-bond acceptors (Lipinski definition) is 8. The number of halogens is 1. The fourth-order valence-corrected chi connectivity index (χ4v) is 5.10. The lowest BCUT2D eigenvalue weighted by Crippen LogP contribution is -2.48. The molecule has 0 amide bonds. The molecular weight excluding hydrogens is 447 g/mol. The summed E-state index contributed by atoms with van der Waals surface area (Å²) in [5, 5.41) is 14.9. The molecule has 4 heterocycles. The molecule has 0 saturated heterocycles. The van der Waals surface area contributed by atoms with E-state index in [4.69, 9.17) is 10.1 Å². The van der Waals surface area contributed by atoms with Gasteiger partial charge in [0.15, 0.2) is 0 Å². The van der Waals surface area contributed by atoms with Crippen molar-refractivity contribution in [3.05, 3.63) is 30.6 Å². The van der Waals surface area contributed by atoms with Gasteiger partial charge in [-0.25, -0.2) is 28.5 Å². The number of sulfonamides is 1. The van der Waals surface area contributed by atoms with Crippen LogP contribution < -0.4 is 15.5 Å². The van der Waals surface area contributed by atoms with E-state index in [1.807, 2.05) is 24.5 Å². The summed E-state index contributed by atoms with van der Waals surface area (Å²) in [6, 6.07) is 4.75. The van der Waals surface area contributed by atoms with Gasteiger partial charge in [0.25, 0.3) is 0 Å². The first kappa shape index (κ1) is 21.7. The van der Waals surface area contributed by atoms with Crippen molar-refractivity contribution in [2.75, 3.05) is 10.3 Å². The van der Waals surface area contributed by atoms with Crippen molar-refractivity contribution >= 4 is 44.6 Å². The minimum atomic E-state index is -3.83. The molecule has 0 aromatic carbocycles. The number of nitrogens with zero attached hydrogens (tertiary/aromatic N) is 6. The average molecular weight is 473 g/mol. The summed E-state index contributed by atoms with van der Waals surface area (Å²) in [6.07, 6.45) is 7.07. The number of fused-ring (bicyclic) bond motifs is 4. The van der Waals surface area contributed by atoms with Gasteiger partial charge in [-0.05, 0) is 44.9 Å². The first-order valence-corrected chi connectivity index (χ1v) is 12.4. The van der Waals surface area contributed by atoms with Gasteiger partial charge in [0.2, 0.25) is 21.9 Å². The van der Waals surface area contributed by atoms with Gasteiger partial charge >= 0.3 is 0 Å². The Labute approximate surface area is 190 Å². The van der Waals surface area contributed by atoms with Gasteiger partial charge in [-0.2, -0.15) is 9.37 Å². The largest absolute Gasteiger partial charge is 0.309 e. The molecule has 12 heteroatoms. The molecule has 2 aliphatic rings. The summed E-state index contributed by atoms with van der Waals surface area (Å²) in [7, 11) is -3.83. The smallest absolute Gasteiger partial charge is 0.239 e. The molecule has 1 fully saturated rings. The average Bonchev–Trinajstić information content (AvgIpc) is 3.16. The van der Waals surface area contributed by atoms with Gasteiger partial charge in [-0.15, -0.1) is 5.10 Å². The lowest BCUT2D eigenvalue weighted by atomic mass is 9.81. The standard InChI is InChI=1S/C21H25FN8O2S/c1-13(2)30-17-10-14-11-25-20(26-16-7-6-15(12-24-16)33(23,31)32)27-18(14)29(17)21(19(22)28-30)8-4-3-5-9-21/h6-7,10-13H,3-5,8-9H2,1-2H3,(H2,23,31,32)(H,24,25,26,27). The van der Waals surface area contributed by atoms with Crippen LogP contribution in [0, 0.1) is 0 Å². The number of aromatic nitrogens is 4. The number of primary sulfonamides is 1. The van der Waals surface area contributed by atoms with Crippen molar-refractivity contribution in [1.82, 2.24) is 19.5 Å². The van der Waals surface area contributed by atoms with E-state index < -0.39 is 15.6 Å². The molecule has 0 bridgehead atoms. The Morgan fingerprint density at radius 2 is 1.91 bits per heavy atom. The van der Waals surface area contributed by atoms with E-state index in [1.54, 1.807) is 11.2 Å². The molecule has 33 heavy (non-hydrogen) atoms. The van der Waals surface area contributed by atoms with Crippen LogP contribution in [0.25, 0.3) is 11.0 Å². The second kappa shape index (κ2) is 7.73. The highest BCUT2D eigenvalue weighted by Crippen LogP contribution is 2.46. The van der Waals surface area contributed by atoms with E-state index in [0.29, 0.717) is 24.3 Å². The zero-order chi connectivity index (χ0) is 23.4. The second-order valence-electron chi connectivity index (χ2n) is 8.78. The Balaban J connectivity index is 1.59. The second-order valence-corrected chi connectivity index (χ2v) is 10.3. The number of nitrogens with two attached hydrogens (primary N) is 1. The number of anilines is 3. The van der Waals surface area contributed by atoms with Crippen molar-refractivity contribution in [2.24, 2.45) is 10.2 Å². The Morgan fingerprint density at radius 1 is 1.15 bits per heavy atom. The van der Waals surface area contributed by atoms with Crippen LogP contribution in [-0.4, -0.2) is 39.9 Å². The van der Waals surface area contributed by atoms with Crippen molar-refractivity contribution in [1.29, 1.82) is 0 Å². The van der Waals surface area contributed by atoms with Crippen LogP contribution in [0.1, 0.15) is 46.0 Å². The van der Waals surface area contributed by atoms with Crippen LogP contribution in [0.5, 0.6) is 0 Å². The Hall–Kier alpha value is -3.12. The van der Waals surface area contributed by atoms with E-state index in [0.717, 1.165) is 30.5 Å². The van der Waals surface area contributed by atoms with Gasteiger partial charge in [0, 0.05) is 23.8 Å². The van der Waals surface area contributed by atoms with Gasteiger partial charge in [0.1, 0.15) is 27.7 Å². The van der Waals surface area contributed by atoms with Gasteiger partial charge in [0.05, 0.1) is 0 Å². The van der Waals surface area contributed by atoms with Crippen molar-refractivity contribution in [3.8, 4) is 0 Å². The van der Waals surface area contributed by atoms with E-state index in [2.05, 4.69) is 20.4 Å². The quantitative estimate of drug-likeness (QED) is 0.595. The minimum absolute atomic E-state index is 0.0353. The summed E-state index contributed by atoms with van der Waals surface area (Å²) < 4.78 is 40.4. The molecule has 1 aliphatic carbocycles. The molecule has 1 saturated carbocycles. The highest BCUT2D eigenvalue weighted by Gasteiger charge is 2.46. The molecular formula is C21H25FN8O2S. The maximum atomic E-state index is 15.6. The molecule has 0 unspecified atom stereocenters. The SMILES string of the molecule is CC(C)N1N=C(F)C2(CCCCC2)n2c1cc1cnc(Nc3ccc(S(N)(=O)=O)cn3)nc12. The third-order valence-electron chi connectivity index (χ3n) is 6.24. The number of hydrogen-bond donors (Lipinski definition) is 2. The molecule has 174 valence electrons. The number of pyridine rings is 1. The molecule has 3 N–H and O–H groups in total. The van der Waals surface area contributed by atoms with Crippen molar-refractivity contribution in [2.45, 2.75) is 62.4 Å². The molecule has 5 rings (SSSR count). The van der Waals surface area contributed by atoms with Crippen LogP contribution in [0.15, 0.2) is 40.6 Å². The summed E-state index contributed by atoms with van der Waals surface area (Å²) in [6.45, 7) is 3.93. The van der Waals surface area contributed by atoms with Crippen LogP contribution in [-0.2, 0) is 15.6 Å². The minimum Gasteiger partial charge on any atom is -0.309 e. The Kier molecular flexibility index (Phi) is 5.09. The van der Waals surface area contributed by atoms with Gasteiger partial charge in [-0.1, -0.05) is 19.3 Å². The van der Waals surface area contributed by atoms with E-state index >= 15 is 4.39 Å². The van der Waals surface area contributed by atoms with E-state index in [9.17, 15) is 8.42 Å². The first-order chi connectivity index (χ1) is 15.7. The van der Waals surface area contributed by atoms with Crippen LogP contribution in [0.3, 0.4) is 0 Å². The third kappa shape index (κ3) is 3.62. The molecule has 3 aromatic rings. The number of rotatable bonds is 4. The zero-order valence-electron chi connectivity index (χ0n) is 18.4. The van der Waals surface area contributed by atoms with Crippen molar-refractivity contribution < 1.29 is 12.8 Å². The highest BCUT2D eigenvalue weighted by molar-refractivity contribution is 7.89. The highest BCUT2D eigenvalue weighted by atomic mass is 32.2.